The fraction of sp³-hybridized carbons (Fsp3) is 0.636. The van der Waals surface area contributed by atoms with Crippen LogP contribution in [0.3, 0.4) is 0 Å². The highest BCUT2D eigenvalue weighted by Gasteiger charge is 2.34. The molecule has 0 spiro atoms. The van der Waals surface area contributed by atoms with E-state index in [4.69, 9.17) is 11.6 Å². The number of nitrogens with zero attached hydrogens (tertiary/aromatic N) is 2. The second-order valence-corrected chi connectivity index (χ2v) is 6.68. The maximum Gasteiger partial charge on any atom is 0.433 e. The molecular weight excluding hydrogens is 299 g/mol. The van der Waals surface area contributed by atoms with E-state index in [2.05, 4.69) is 22.2 Å². The van der Waals surface area contributed by atoms with Crippen molar-refractivity contribution >= 4 is 29.2 Å². The van der Waals surface area contributed by atoms with Gasteiger partial charge in [-0.2, -0.15) is 24.9 Å². The first-order valence-corrected chi connectivity index (χ1v) is 7.14. The molecule has 1 aromatic heterocycles. The topological polar surface area (TPSA) is 37.8 Å². The van der Waals surface area contributed by atoms with E-state index in [-0.39, 0.29) is 10.6 Å². The fourth-order valence-electron chi connectivity index (χ4n) is 1.91. The average Bonchev–Trinajstić information content (AvgIpc) is 2.72. The Balaban J connectivity index is 2.10. The van der Waals surface area contributed by atoms with Crippen LogP contribution >= 0.6 is 23.4 Å². The highest BCUT2D eigenvalue weighted by atomic mass is 35.5. The van der Waals surface area contributed by atoms with Gasteiger partial charge in [0.05, 0.1) is 0 Å². The molecule has 0 aromatic carbocycles. The van der Waals surface area contributed by atoms with Crippen molar-refractivity contribution in [1.82, 2.24) is 9.97 Å². The normalized spacial score (nSPS) is 23.6. The largest absolute Gasteiger partial charge is 0.433 e. The van der Waals surface area contributed by atoms with Crippen LogP contribution in [-0.2, 0) is 6.18 Å². The minimum atomic E-state index is -4.52. The Bertz CT molecular complexity index is 461. The van der Waals surface area contributed by atoms with E-state index < -0.39 is 17.2 Å². The third kappa shape index (κ3) is 3.89. The van der Waals surface area contributed by atoms with E-state index in [1.54, 1.807) is 0 Å². The first kappa shape index (κ1) is 14.7. The van der Waals surface area contributed by atoms with Gasteiger partial charge >= 0.3 is 6.18 Å². The van der Waals surface area contributed by atoms with Crippen molar-refractivity contribution < 1.29 is 13.2 Å². The zero-order valence-electron chi connectivity index (χ0n) is 10.2. The van der Waals surface area contributed by atoms with Crippen LogP contribution in [0.4, 0.5) is 19.0 Å². The maximum atomic E-state index is 12.6. The molecule has 1 unspecified atom stereocenters. The minimum absolute atomic E-state index is 0.0375. The van der Waals surface area contributed by atoms with Gasteiger partial charge in [0.15, 0.2) is 5.69 Å². The summed E-state index contributed by atoms with van der Waals surface area (Å²) >= 11 is 7.34. The molecule has 1 atom stereocenters. The predicted octanol–water partition coefficient (Wildman–Crippen LogP) is 3.85. The van der Waals surface area contributed by atoms with Gasteiger partial charge in [-0.1, -0.05) is 0 Å². The molecule has 8 heteroatoms. The quantitative estimate of drug-likeness (QED) is 0.861. The van der Waals surface area contributed by atoms with Gasteiger partial charge in [0.1, 0.15) is 5.82 Å². The Morgan fingerprint density at radius 3 is 2.79 bits per heavy atom. The molecule has 0 bridgehead atoms. The summed E-state index contributed by atoms with van der Waals surface area (Å²) in [6, 6.07) is 0.884. The highest BCUT2D eigenvalue weighted by Crippen LogP contribution is 2.38. The molecule has 0 radical (unpaired) electrons. The molecule has 1 aromatic rings. The molecule has 1 fully saturated rings. The SMILES string of the molecule is CC1(CNc2cc(C(F)(F)F)nc(Cl)n2)CCCS1. The van der Waals surface area contributed by atoms with E-state index in [0.29, 0.717) is 6.54 Å². The first-order chi connectivity index (χ1) is 8.78. The van der Waals surface area contributed by atoms with Crippen LogP contribution < -0.4 is 5.32 Å². The number of anilines is 1. The Hall–Kier alpha value is -0.690. The fourth-order valence-corrected chi connectivity index (χ4v) is 3.33. The van der Waals surface area contributed by atoms with Gasteiger partial charge in [0.25, 0.3) is 0 Å². The van der Waals surface area contributed by atoms with Gasteiger partial charge in [-0.3, -0.25) is 0 Å². The van der Waals surface area contributed by atoms with Crippen molar-refractivity contribution in [1.29, 1.82) is 0 Å². The lowest BCUT2D eigenvalue weighted by Gasteiger charge is -2.23. The monoisotopic (exact) mass is 311 g/mol. The molecule has 1 aliphatic rings. The lowest BCUT2D eigenvalue weighted by molar-refractivity contribution is -0.141. The minimum Gasteiger partial charge on any atom is -0.369 e. The Morgan fingerprint density at radius 1 is 1.47 bits per heavy atom. The lowest BCUT2D eigenvalue weighted by atomic mass is 10.1. The van der Waals surface area contributed by atoms with Gasteiger partial charge in [-0.05, 0) is 37.1 Å². The third-order valence-corrected chi connectivity index (χ3v) is 4.64. The summed E-state index contributed by atoms with van der Waals surface area (Å²) in [6.07, 6.45) is -2.36. The number of nitrogens with one attached hydrogen (secondary N) is 1. The van der Waals surface area contributed by atoms with E-state index in [1.165, 1.54) is 0 Å². The molecule has 2 rings (SSSR count). The molecule has 3 nitrogen and oxygen atoms in total. The molecule has 0 saturated carbocycles. The summed E-state index contributed by atoms with van der Waals surface area (Å²) in [4.78, 5) is 6.96. The number of rotatable bonds is 3. The van der Waals surface area contributed by atoms with Crippen LogP contribution in [0.15, 0.2) is 6.07 Å². The molecule has 1 aliphatic heterocycles. The summed E-state index contributed by atoms with van der Waals surface area (Å²) in [6.45, 7) is 2.65. The molecule has 2 heterocycles. The standard InChI is InChI=1S/C11H13ClF3N3S/c1-10(3-2-4-19-10)6-16-8-5-7(11(13,14)15)17-9(12)18-8/h5H,2-4,6H2,1H3,(H,16,17,18). The smallest absolute Gasteiger partial charge is 0.369 e. The van der Waals surface area contributed by atoms with Crippen LogP contribution in [0.2, 0.25) is 5.28 Å². The summed E-state index contributed by atoms with van der Waals surface area (Å²) in [7, 11) is 0. The zero-order valence-corrected chi connectivity index (χ0v) is 11.8. The number of hydrogen-bond donors (Lipinski definition) is 1. The molecule has 1 N–H and O–H groups in total. The number of aromatic nitrogens is 2. The van der Waals surface area contributed by atoms with Gasteiger partial charge in [-0.15, -0.1) is 0 Å². The number of alkyl halides is 3. The van der Waals surface area contributed by atoms with Gasteiger partial charge in [-0.25, -0.2) is 9.97 Å². The van der Waals surface area contributed by atoms with Gasteiger partial charge in [0.2, 0.25) is 5.28 Å². The summed E-state index contributed by atoms with van der Waals surface area (Å²) in [5.74, 6) is 1.19. The van der Waals surface area contributed by atoms with Crippen LogP contribution in [0.25, 0.3) is 0 Å². The molecule has 19 heavy (non-hydrogen) atoms. The van der Waals surface area contributed by atoms with E-state index >= 15 is 0 Å². The maximum absolute atomic E-state index is 12.6. The van der Waals surface area contributed by atoms with Crippen molar-refractivity contribution in [2.45, 2.75) is 30.7 Å². The van der Waals surface area contributed by atoms with E-state index in [9.17, 15) is 13.2 Å². The summed E-state index contributed by atoms with van der Waals surface area (Å²) < 4.78 is 37.8. The Morgan fingerprint density at radius 2 is 2.21 bits per heavy atom. The summed E-state index contributed by atoms with van der Waals surface area (Å²) in [5.41, 5.74) is -1.03. The van der Waals surface area contributed by atoms with Crippen molar-refractivity contribution in [2.24, 2.45) is 0 Å². The second kappa shape index (κ2) is 5.36. The molecule has 106 valence electrons. The van der Waals surface area contributed by atoms with Crippen LogP contribution in [-0.4, -0.2) is 27.0 Å². The summed E-state index contributed by atoms with van der Waals surface area (Å²) in [5, 5.41) is 2.52. The van der Waals surface area contributed by atoms with Gasteiger partial charge < -0.3 is 5.32 Å². The van der Waals surface area contributed by atoms with Crippen LogP contribution in [0.1, 0.15) is 25.5 Å². The lowest BCUT2D eigenvalue weighted by Crippen LogP contribution is -2.27. The van der Waals surface area contributed by atoms with Gasteiger partial charge in [0, 0.05) is 17.4 Å². The van der Waals surface area contributed by atoms with Crippen LogP contribution in [0, 0.1) is 0 Å². The molecule has 1 saturated heterocycles. The number of halogens is 4. The first-order valence-electron chi connectivity index (χ1n) is 5.78. The zero-order chi connectivity index (χ0) is 14.1. The van der Waals surface area contributed by atoms with Crippen molar-refractivity contribution in [3.05, 3.63) is 17.0 Å². The molecule has 0 aliphatic carbocycles. The van der Waals surface area contributed by atoms with Crippen LogP contribution in [0.5, 0.6) is 0 Å². The number of thioether (sulfide) groups is 1. The van der Waals surface area contributed by atoms with E-state index in [0.717, 1.165) is 24.7 Å². The Kier molecular flexibility index (Phi) is 4.15. The van der Waals surface area contributed by atoms with Crippen molar-refractivity contribution in [3.8, 4) is 0 Å². The molecular formula is C11H13ClF3N3S. The van der Waals surface area contributed by atoms with E-state index in [1.807, 2.05) is 11.8 Å². The average molecular weight is 312 g/mol. The Labute approximate surface area is 118 Å². The highest BCUT2D eigenvalue weighted by molar-refractivity contribution is 8.00. The number of hydrogen-bond acceptors (Lipinski definition) is 4. The molecule has 0 amide bonds. The third-order valence-electron chi connectivity index (χ3n) is 2.93. The van der Waals surface area contributed by atoms with Crippen molar-refractivity contribution in [2.75, 3.05) is 17.6 Å². The second-order valence-electron chi connectivity index (χ2n) is 4.66. The predicted molar refractivity (Wildman–Crippen MR) is 70.6 cm³/mol. The van der Waals surface area contributed by atoms with Crippen molar-refractivity contribution in [3.63, 3.8) is 0 Å².